The predicted molar refractivity (Wildman–Crippen MR) is 80.9 cm³/mol. The van der Waals surface area contributed by atoms with Gasteiger partial charge in [0.1, 0.15) is 0 Å². The molecule has 2 aromatic rings. The molecular formula is C16H19N3O3. The molecule has 2 N–H and O–H groups in total. The minimum absolute atomic E-state index is 0.0229. The predicted octanol–water partition coefficient (Wildman–Crippen LogP) is 2.18. The minimum atomic E-state index is -0.243. The first-order chi connectivity index (χ1) is 10.6. The van der Waals surface area contributed by atoms with Crippen molar-refractivity contribution in [3.05, 3.63) is 40.7 Å². The average molecular weight is 301 g/mol. The van der Waals surface area contributed by atoms with Crippen molar-refractivity contribution < 1.29 is 14.3 Å². The summed E-state index contributed by atoms with van der Waals surface area (Å²) in [7, 11) is 0. The van der Waals surface area contributed by atoms with Crippen LogP contribution >= 0.6 is 0 Å². The van der Waals surface area contributed by atoms with Gasteiger partial charge < -0.3 is 14.8 Å². The molecule has 0 radical (unpaired) electrons. The third kappa shape index (κ3) is 2.64. The van der Waals surface area contributed by atoms with E-state index in [1.165, 1.54) is 0 Å². The molecule has 1 atom stereocenters. The smallest absolute Gasteiger partial charge is 0.231 e. The maximum Gasteiger partial charge on any atom is 0.231 e. The molecule has 0 fully saturated rings. The van der Waals surface area contributed by atoms with E-state index in [-0.39, 0.29) is 18.6 Å². The molecule has 1 aliphatic heterocycles. The first-order valence-electron chi connectivity index (χ1n) is 7.24. The highest BCUT2D eigenvalue weighted by atomic mass is 16.7. The van der Waals surface area contributed by atoms with E-state index in [1.807, 2.05) is 39.0 Å². The van der Waals surface area contributed by atoms with Gasteiger partial charge in [0.2, 0.25) is 12.7 Å². The topological polar surface area (TPSA) is 76.2 Å². The second-order valence-electron chi connectivity index (χ2n) is 5.47. The molecule has 1 aromatic carbocycles. The molecule has 1 aliphatic rings. The Bertz CT molecular complexity index is 689. The minimum Gasteiger partial charge on any atom is -0.454 e. The highest BCUT2D eigenvalue weighted by molar-refractivity contribution is 5.83. The van der Waals surface area contributed by atoms with Gasteiger partial charge in [0, 0.05) is 17.8 Å². The second-order valence-corrected chi connectivity index (χ2v) is 5.47. The van der Waals surface area contributed by atoms with Gasteiger partial charge in [0.15, 0.2) is 11.5 Å². The molecule has 3 rings (SSSR count). The summed E-state index contributed by atoms with van der Waals surface area (Å²) in [5, 5.41) is 10.0. The quantitative estimate of drug-likeness (QED) is 0.907. The van der Waals surface area contributed by atoms with Crippen molar-refractivity contribution >= 4 is 5.91 Å². The maximum absolute atomic E-state index is 12.3. The molecule has 22 heavy (non-hydrogen) atoms. The van der Waals surface area contributed by atoms with Gasteiger partial charge in [0.25, 0.3) is 0 Å². The Kier molecular flexibility index (Phi) is 3.75. The Morgan fingerprint density at radius 1 is 1.36 bits per heavy atom. The van der Waals surface area contributed by atoms with Crippen LogP contribution in [0.15, 0.2) is 18.2 Å². The van der Waals surface area contributed by atoms with Crippen LogP contribution in [0.3, 0.4) is 0 Å². The molecule has 2 heterocycles. The molecular weight excluding hydrogens is 282 g/mol. The fraction of sp³-hybridized carbons (Fsp3) is 0.375. The molecule has 1 amide bonds. The number of nitrogens with one attached hydrogen (secondary N) is 2. The molecule has 0 spiro atoms. The summed E-state index contributed by atoms with van der Waals surface area (Å²) in [5.74, 6) is 1.20. The Hall–Kier alpha value is -2.50. The Morgan fingerprint density at radius 3 is 2.86 bits per heavy atom. The average Bonchev–Trinajstić information content (AvgIpc) is 3.10. The lowest BCUT2D eigenvalue weighted by Crippen LogP contribution is -2.28. The zero-order chi connectivity index (χ0) is 15.7. The summed E-state index contributed by atoms with van der Waals surface area (Å²) < 4.78 is 10.6. The van der Waals surface area contributed by atoms with Crippen molar-refractivity contribution in [2.75, 3.05) is 6.79 Å². The molecule has 0 unspecified atom stereocenters. The van der Waals surface area contributed by atoms with Gasteiger partial charge >= 0.3 is 0 Å². The summed E-state index contributed by atoms with van der Waals surface area (Å²) in [5.41, 5.74) is 3.74. The van der Waals surface area contributed by atoms with E-state index < -0.39 is 0 Å². The number of carbonyl (C=O) groups is 1. The molecule has 6 heteroatoms. The SMILES string of the molecule is Cc1n[nH]c(C)c1[C@@H](C)C(=O)NCc1ccc2c(c1)OCO2. The summed E-state index contributed by atoms with van der Waals surface area (Å²) in [6, 6.07) is 5.67. The number of rotatable bonds is 4. The number of aromatic amines is 1. The van der Waals surface area contributed by atoms with Crippen LogP contribution in [0.4, 0.5) is 0 Å². The first-order valence-corrected chi connectivity index (χ1v) is 7.24. The fourth-order valence-corrected chi connectivity index (χ4v) is 2.72. The number of carbonyl (C=O) groups excluding carboxylic acids is 1. The number of hydrogen-bond donors (Lipinski definition) is 2. The van der Waals surface area contributed by atoms with Crippen molar-refractivity contribution in [2.45, 2.75) is 33.2 Å². The Balaban J connectivity index is 1.65. The largest absolute Gasteiger partial charge is 0.454 e. The number of aryl methyl sites for hydroxylation is 2. The molecule has 0 saturated carbocycles. The summed E-state index contributed by atoms with van der Waals surface area (Å²) in [6.07, 6.45) is 0. The summed E-state index contributed by atoms with van der Waals surface area (Å²) in [6.45, 7) is 6.42. The zero-order valence-electron chi connectivity index (χ0n) is 12.9. The van der Waals surface area contributed by atoms with Gasteiger partial charge in [-0.25, -0.2) is 0 Å². The monoisotopic (exact) mass is 301 g/mol. The van der Waals surface area contributed by atoms with Crippen LogP contribution in [0.2, 0.25) is 0 Å². The molecule has 6 nitrogen and oxygen atoms in total. The number of ether oxygens (including phenoxy) is 2. The second kappa shape index (κ2) is 5.71. The number of amides is 1. The lowest BCUT2D eigenvalue weighted by molar-refractivity contribution is -0.122. The number of fused-ring (bicyclic) bond motifs is 1. The summed E-state index contributed by atoms with van der Waals surface area (Å²) in [4.78, 5) is 12.3. The molecule has 0 aliphatic carbocycles. The van der Waals surface area contributed by atoms with E-state index in [4.69, 9.17) is 9.47 Å². The highest BCUT2D eigenvalue weighted by Crippen LogP contribution is 2.32. The Labute approximate surface area is 128 Å². The summed E-state index contributed by atoms with van der Waals surface area (Å²) >= 11 is 0. The zero-order valence-corrected chi connectivity index (χ0v) is 12.9. The van der Waals surface area contributed by atoms with Gasteiger partial charge in [-0.1, -0.05) is 6.07 Å². The van der Waals surface area contributed by atoms with Crippen LogP contribution in [0, 0.1) is 13.8 Å². The van der Waals surface area contributed by atoms with Crippen LogP contribution in [-0.4, -0.2) is 22.9 Å². The number of H-pyrrole nitrogens is 1. The van der Waals surface area contributed by atoms with Crippen molar-refractivity contribution in [1.29, 1.82) is 0 Å². The number of aromatic nitrogens is 2. The van der Waals surface area contributed by atoms with Crippen LogP contribution in [-0.2, 0) is 11.3 Å². The van der Waals surface area contributed by atoms with E-state index >= 15 is 0 Å². The van der Waals surface area contributed by atoms with Crippen molar-refractivity contribution in [2.24, 2.45) is 0 Å². The Morgan fingerprint density at radius 2 is 2.14 bits per heavy atom. The first kappa shape index (κ1) is 14.4. The van der Waals surface area contributed by atoms with Crippen LogP contribution in [0.25, 0.3) is 0 Å². The van der Waals surface area contributed by atoms with E-state index in [9.17, 15) is 4.79 Å². The number of nitrogens with zero attached hydrogens (tertiary/aromatic N) is 1. The van der Waals surface area contributed by atoms with E-state index in [0.717, 1.165) is 34.0 Å². The normalized spacial score (nSPS) is 14.0. The number of benzene rings is 1. The highest BCUT2D eigenvalue weighted by Gasteiger charge is 2.21. The van der Waals surface area contributed by atoms with Crippen molar-refractivity contribution in [3.8, 4) is 11.5 Å². The van der Waals surface area contributed by atoms with E-state index in [0.29, 0.717) is 6.54 Å². The van der Waals surface area contributed by atoms with E-state index in [1.54, 1.807) is 0 Å². The van der Waals surface area contributed by atoms with Crippen molar-refractivity contribution in [1.82, 2.24) is 15.5 Å². The van der Waals surface area contributed by atoms with Crippen molar-refractivity contribution in [3.63, 3.8) is 0 Å². The fourth-order valence-electron chi connectivity index (χ4n) is 2.72. The van der Waals surface area contributed by atoms with Gasteiger partial charge in [-0.05, 0) is 38.5 Å². The van der Waals surface area contributed by atoms with Gasteiger partial charge in [0.05, 0.1) is 11.6 Å². The van der Waals surface area contributed by atoms with Crippen LogP contribution in [0.5, 0.6) is 11.5 Å². The van der Waals surface area contributed by atoms with E-state index in [2.05, 4.69) is 15.5 Å². The number of hydrogen-bond acceptors (Lipinski definition) is 4. The van der Waals surface area contributed by atoms with Gasteiger partial charge in [-0.15, -0.1) is 0 Å². The lowest BCUT2D eigenvalue weighted by Gasteiger charge is -2.13. The molecule has 1 aromatic heterocycles. The molecule has 0 bridgehead atoms. The van der Waals surface area contributed by atoms with Crippen LogP contribution < -0.4 is 14.8 Å². The van der Waals surface area contributed by atoms with Crippen LogP contribution in [0.1, 0.15) is 35.4 Å². The van der Waals surface area contributed by atoms with Gasteiger partial charge in [-0.3, -0.25) is 9.89 Å². The molecule has 0 saturated heterocycles. The standard InChI is InChI=1S/C16H19N3O3/c1-9(15-10(2)18-19-11(15)3)16(20)17-7-12-4-5-13-14(6-12)22-8-21-13/h4-6,9H,7-8H2,1-3H3,(H,17,20)(H,18,19)/t9-/m1/s1. The maximum atomic E-state index is 12.3. The third-order valence-corrected chi connectivity index (χ3v) is 3.92. The van der Waals surface area contributed by atoms with Gasteiger partial charge in [-0.2, -0.15) is 5.10 Å². The molecule has 116 valence electrons. The lowest BCUT2D eigenvalue weighted by atomic mass is 9.98. The third-order valence-electron chi connectivity index (χ3n) is 3.92.